The third-order valence-corrected chi connectivity index (χ3v) is 8.57. The number of H-pyrrole nitrogens is 1. The molecule has 11 heteroatoms. The molecule has 2 aromatic heterocycles. The highest BCUT2D eigenvalue weighted by Gasteiger charge is 2.33. The molecule has 3 heterocycles. The summed E-state index contributed by atoms with van der Waals surface area (Å²) < 4.78 is 58.2. The Bertz CT molecular complexity index is 1870. The predicted octanol–water partition coefficient (Wildman–Crippen LogP) is 7.39. The number of nitrogens with one attached hydrogen (secondary N) is 1. The number of aromatic nitrogens is 3. The van der Waals surface area contributed by atoms with Crippen LogP contribution < -0.4 is 9.80 Å². The van der Waals surface area contributed by atoms with Crippen LogP contribution in [0.25, 0.3) is 27.8 Å². The molecule has 0 saturated carbocycles. The van der Waals surface area contributed by atoms with Crippen LogP contribution in [-0.4, -0.2) is 46.0 Å². The summed E-state index contributed by atoms with van der Waals surface area (Å²) >= 11 is 0. The normalized spacial score (nSPS) is 13.4. The number of alkyl halides is 3. The molecule has 1 aliphatic heterocycles. The number of anilines is 2. The SMILES string of the molecule is CCc1cccc(CC)c1-n1nc2c(c1-c1c(F)cc(N(C)CC(=O)O)c3[nH]ccc13)CN(c1ccc(C(F)(F)F)cc1)CC2. The van der Waals surface area contributed by atoms with Crippen LogP contribution in [0, 0.1) is 5.82 Å². The quantitative estimate of drug-likeness (QED) is 0.177. The first-order valence-electron chi connectivity index (χ1n) is 14.9. The molecule has 0 fully saturated rings. The van der Waals surface area contributed by atoms with E-state index < -0.39 is 23.5 Å². The van der Waals surface area contributed by atoms with Gasteiger partial charge in [0.25, 0.3) is 0 Å². The number of carboxylic acids is 1. The maximum Gasteiger partial charge on any atom is 0.416 e. The van der Waals surface area contributed by atoms with E-state index in [1.54, 1.807) is 19.3 Å². The third-order valence-electron chi connectivity index (χ3n) is 8.57. The van der Waals surface area contributed by atoms with Gasteiger partial charge in [-0.1, -0.05) is 32.0 Å². The summed E-state index contributed by atoms with van der Waals surface area (Å²) in [5.74, 6) is -1.57. The van der Waals surface area contributed by atoms with Gasteiger partial charge in [0.1, 0.15) is 12.4 Å². The number of aliphatic carboxylic acids is 1. The number of likely N-dealkylation sites (N-methyl/N-ethyl adjacent to an activating group) is 1. The molecule has 45 heavy (non-hydrogen) atoms. The van der Waals surface area contributed by atoms with Gasteiger partial charge in [-0.25, -0.2) is 9.07 Å². The Labute approximate surface area is 257 Å². The molecule has 0 radical (unpaired) electrons. The maximum absolute atomic E-state index is 16.6. The highest BCUT2D eigenvalue weighted by Crippen LogP contribution is 2.43. The van der Waals surface area contributed by atoms with Crippen LogP contribution in [0.15, 0.2) is 60.8 Å². The van der Waals surface area contributed by atoms with Crippen LogP contribution in [0.3, 0.4) is 0 Å². The molecular formula is C34H33F4N5O2. The van der Waals surface area contributed by atoms with Crippen LogP contribution in [-0.2, 0) is 36.8 Å². The smallest absolute Gasteiger partial charge is 0.416 e. The standard InChI is InChI=1S/C34H33F4N5O2/c1-4-20-7-6-8-21(5-2)32(20)43-33(30-24-13-15-39-31(24)28(17-26(30)35)41(3)19-29(44)45)25-18-42(16-14-27(25)40-43)23-11-9-22(10-12-23)34(36,37)38/h6-13,15,17,39H,4-5,14,16,18-19H2,1-3H3,(H,44,45). The topological polar surface area (TPSA) is 77.4 Å². The van der Waals surface area contributed by atoms with Gasteiger partial charge < -0.3 is 19.9 Å². The van der Waals surface area contributed by atoms with E-state index in [0.717, 1.165) is 53.0 Å². The average molecular weight is 620 g/mol. The molecule has 0 saturated heterocycles. The summed E-state index contributed by atoms with van der Waals surface area (Å²) in [7, 11) is 1.60. The molecule has 0 atom stereocenters. The van der Waals surface area contributed by atoms with E-state index >= 15 is 4.39 Å². The number of aryl methyl sites for hydroxylation is 2. The van der Waals surface area contributed by atoms with Crippen molar-refractivity contribution < 1.29 is 27.5 Å². The number of carbonyl (C=O) groups is 1. The van der Waals surface area contributed by atoms with Gasteiger partial charge in [0, 0.05) is 61.0 Å². The van der Waals surface area contributed by atoms with E-state index in [2.05, 4.69) is 18.8 Å². The minimum atomic E-state index is -4.43. The molecule has 234 valence electrons. The highest BCUT2D eigenvalue weighted by molar-refractivity contribution is 6.03. The number of para-hydroxylation sites is 1. The number of aromatic amines is 1. The number of halogens is 4. The summed E-state index contributed by atoms with van der Waals surface area (Å²) in [5.41, 5.74) is 6.42. The Morgan fingerprint density at radius 2 is 1.76 bits per heavy atom. The lowest BCUT2D eigenvalue weighted by molar-refractivity contribution is -0.137. The first-order chi connectivity index (χ1) is 21.5. The summed E-state index contributed by atoms with van der Waals surface area (Å²) in [4.78, 5) is 18.1. The van der Waals surface area contributed by atoms with Crippen LogP contribution in [0.1, 0.15) is 41.8 Å². The van der Waals surface area contributed by atoms with Crippen molar-refractivity contribution >= 4 is 28.2 Å². The monoisotopic (exact) mass is 619 g/mol. The van der Waals surface area contributed by atoms with Gasteiger partial charge >= 0.3 is 12.1 Å². The maximum atomic E-state index is 16.6. The number of hydrogen-bond acceptors (Lipinski definition) is 4. The van der Waals surface area contributed by atoms with Gasteiger partial charge in [-0.3, -0.25) is 4.79 Å². The molecule has 0 amide bonds. The van der Waals surface area contributed by atoms with E-state index in [9.17, 15) is 23.1 Å². The Morgan fingerprint density at radius 3 is 2.38 bits per heavy atom. The highest BCUT2D eigenvalue weighted by atomic mass is 19.4. The Balaban J connectivity index is 1.58. The summed E-state index contributed by atoms with van der Waals surface area (Å²) in [5, 5.41) is 15.1. The van der Waals surface area contributed by atoms with Crippen LogP contribution >= 0.6 is 0 Å². The second-order valence-electron chi connectivity index (χ2n) is 11.3. The number of nitrogens with zero attached hydrogens (tertiary/aromatic N) is 4. The van der Waals surface area contributed by atoms with Crippen molar-refractivity contribution in [1.29, 1.82) is 0 Å². The number of rotatable bonds is 8. The van der Waals surface area contributed by atoms with Gasteiger partial charge in [-0.05, 0) is 54.3 Å². The lowest BCUT2D eigenvalue weighted by atomic mass is 9.96. The van der Waals surface area contributed by atoms with Crippen LogP contribution in [0.2, 0.25) is 0 Å². The molecule has 0 unspecified atom stereocenters. The van der Waals surface area contributed by atoms with Crippen molar-refractivity contribution in [1.82, 2.24) is 14.8 Å². The van der Waals surface area contributed by atoms with Gasteiger partial charge in [-0.2, -0.15) is 18.3 Å². The van der Waals surface area contributed by atoms with Crippen molar-refractivity contribution in [2.45, 2.75) is 45.8 Å². The zero-order valence-electron chi connectivity index (χ0n) is 25.2. The lowest BCUT2D eigenvalue weighted by Crippen LogP contribution is -2.30. The van der Waals surface area contributed by atoms with E-state index in [4.69, 9.17) is 5.10 Å². The van der Waals surface area contributed by atoms with Crippen molar-refractivity contribution in [2.75, 3.05) is 29.9 Å². The molecule has 0 aliphatic carbocycles. The van der Waals surface area contributed by atoms with E-state index in [1.165, 1.54) is 23.1 Å². The Kier molecular flexibility index (Phi) is 7.80. The predicted molar refractivity (Wildman–Crippen MR) is 167 cm³/mol. The van der Waals surface area contributed by atoms with Crippen LogP contribution in [0.5, 0.6) is 0 Å². The van der Waals surface area contributed by atoms with Crippen molar-refractivity contribution in [3.8, 4) is 16.9 Å². The van der Waals surface area contributed by atoms with E-state index in [0.29, 0.717) is 53.0 Å². The van der Waals surface area contributed by atoms with Crippen molar-refractivity contribution in [2.24, 2.45) is 0 Å². The summed E-state index contributed by atoms with van der Waals surface area (Å²) in [6, 6.07) is 14.3. The largest absolute Gasteiger partial charge is 0.480 e. The fraction of sp³-hybridized carbons (Fsp3) is 0.294. The van der Waals surface area contributed by atoms with Crippen LogP contribution in [0.4, 0.5) is 28.9 Å². The number of fused-ring (bicyclic) bond motifs is 2. The van der Waals surface area contributed by atoms with E-state index in [1.807, 2.05) is 27.8 Å². The van der Waals surface area contributed by atoms with Crippen molar-refractivity contribution in [3.05, 3.63) is 94.6 Å². The van der Waals surface area contributed by atoms with Gasteiger partial charge in [0.15, 0.2) is 0 Å². The fourth-order valence-corrected chi connectivity index (χ4v) is 6.37. The third kappa shape index (κ3) is 5.40. The zero-order chi connectivity index (χ0) is 32.0. The van der Waals surface area contributed by atoms with Gasteiger partial charge in [0.2, 0.25) is 0 Å². The second kappa shape index (κ2) is 11.6. The van der Waals surface area contributed by atoms with Gasteiger partial charge in [0.05, 0.1) is 33.8 Å². The first-order valence-corrected chi connectivity index (χ1v) is 14.9. The number of benzene rings is 3. The summed E-state index contributed by atoms with van der Waals surface area (Å²) in [6.45, 7) is 4.66. The molecule has 3 aromatic carbocycles. The molecular weight excluding hydrogens is 586 g/mol. The molecule has 0 spiro atoms. The lowest BCUT2D eigenvalue weighted by Gasteiger charge is -2.29. The molecule has 0 bridgehead atoms. The molecule has 1 aliphatic rings. The Morgan fingerprint density at radius 1 is 1.07 bits per heavy atom. The summed E-state index contributed by atoms with van der Waals surface area (Å²) in [6.07, 6.45) is -0.762. The number of hydrogen-bond donors (Lipinski definition) is 2. The fourth-order valence-electron chi connectivity index (χ4n) is 6.37. The first kappa shape index (κ1) is 30.2. The molecule has 6 rings (SSSR count). The minimum Gasteiger partial charge on any atom is -0.480 e. The van der Waals surface area contributed by atoms with E-state index in [-0.39, 0.29) is 6.54 Å². The average Bonchev–Trinajstić information content (AvgIpc) is 3.64. The second-order valence-corrected chi connectivity index (χ2v) is 11.3. The number of carboxylic acid groups (broad SMARTS) is 1. The molecule has 7 nitrogen and oxygen atoms in total. The molecule has 5 aromatic rings. The zero-order valence-corrected chi connectivity index (χ0v) is 25.2. The minimum absolute atomic E-state index is 0.313. The molecule has 2 N–H and O–H groups in total. The van der Waals surface area contributed by atoms with Crippen molar-refractivity contribution in [3.63, 3.8) is 0 Å². The Hall–Kier alpha value is -4.80. The van der Waals surface area contributed by atoms with Gasteiger partial charge in [-0.15, -0.1) is 0 Å².